The van der Waals surface area contributed by atoms with Crippen LogP contribution in [0.5, 0.6) is 0 Å². The van der Waals surface area contributed by atoms with Gasteiger partial charge in [0.15, 0.2) is 0 Å². The Morgan fingerprint density at radius 3 is 2.08 bits per heavy atom. The summed E-state index contributed by atoms with van der Waals surface area (Å²) >= 11 is 23.0. The van der Waals surface area contributed by atoms with E-state index >= 15 is 0 Å². The van der Waals surface area contributed by atoms with Gasteiger partial charge in [-0.05, 0) is 24.1 Å². The summed E-state index contributed by atoms with van der Waals surface area (Å²) in [5, 5.41) is 1.60. The van der Waals surface area contributed by atoms with E-state index in [1.54, 1.807) is 12.1 Å². The van der Waals surface area contributed by atoms with Crippen LogP contribution in [-0.2, 0) is 6.42 Å². The predicted octanol–water partition coefficient (Wildman–Crippen LogP) is 4.43. The van der Waals surface area contributed by atoms with Crippen LogP contribution in [0, 0.1) is 0 Å². The van der Waals surface area contributed by atoms with Crippen molar-refractivity contribution in [2.24, 2.45) is 0 Å². The summed E-state index contributed by atoms with van der Waals surface area (Å²) in [6.45, 7) is 0. The molecule has 0 saturated heterocycles. The highest BCUT2D eigenvalue weighted by molar-refractivity contribution is 6.43. The average molecular weight is 244 g/mol. The summed E-state index contributed by atoms with van der Waals surface area (Å²) in [6.07, 6.45) is 0.706. The van der Waals surface area contributed by atoms with Gasteiger partial charge in [0.1, 0.15) is 0 Å². The topological polar surface area (TPSA) is 0 Å². The molecule has 0 amide bonds. The van der Waals surface area contributed by atoms with Crippen molar-refractivity contribution in [2.45, 2.75) is 6.42 Å². The summed E-state index contributed by atoms with van der Waals surface area (Å²) in [4.78, 5) is 0. The maximum absolute atomic E-state index is 5.88. The third kappa shape index (κ3) is 2.43. The quantitative estimate of drug-likeness (QED) is 0.533. The highest BCUT2D eigenvalue weighted by Crippen LogP contribution is 2.29. The molecule has 12 heavy (non-hydrogen) atoms. The lowest BCUT2D eigenvalue weighted by Crippen LogP contribution is -1.87. The predicted molar refractivity (Wildman–Crippen MR) is 55.9 cm³/mol. The van der Waals surface area contributed by atoms with E-state index in [-0.39, 0.29) is 0 Å². The minimum atomic E-state index is 0.472. The smallest absolute Gasteiger partial charge is 0.0607 e. The zero-order chi connectivity index (χ0) is 9.14. The third-order valence-electron chi connectivity index (χ3n) is 1.45. The normalized spacial score (nSPS) is 10.3. The number of halogens is 4. The molecule has 0 atom stereocenters. The zero-order valence-corrected chi connectivity index (χ0v) is 9.10. The van der Waals surface area contributed by atoms with Crippen LogP contribution in [0.15, 0.2) is 12.1 Å². The van der Waals surface area contributed by atoms with Gasteiger partial charge in [0.25, 0.3) is 0 Å². The molecule has 66 valence electrons. The molecule has 1 aromatic rings. The lowest BCUT2D eigenvalue weighted by Gasteiger charge is -2.03. The number of aryl methyl sites for hydroxylation is 1. The molecule has 0 heterocycles. The van der Waals surface area contributed by atoms with E-state index in [0.717, 1.165) is 5.56 Å². The Morgan fingerprint density at radius 1 is 0.917 bits per heavy atom. The second-order valence-electron chi connectivity index (χ2n) is 2.30. The Morgan fingerprint density at radius 2 is 1.50 bits per heavy atom. The van der Waals surface area contributed by atoms with Gasteiger partial charge in [-0.25, -0.2) is 0 Å². The van der Waals surface area contributed by atoms with E-state index in [0.29, 0.717) is 27.4 Å². The molecule has 0 aliphatic heterocycles. The second kappa shape index (κ2) is 4.57. The summed E-state index contributed by atoms with van der Waals surface area (Å²) in [5.74, 6) is 0.525. The average Bonchev–Trinajstić information content (AvgIpc) is 2.01. The fraction of sp³-hybridized carbons (Fsp3) is 0.250. The fourth-order valence-electron chi connectivity index (χ4n) is 0.857. The van der Waals surface area contributed by atoms with E-state index in [2.05, 4.69) is 0 Å². The molecule has 0 fully saturated rings. The lowest BCUT2D eigenvalue weighted by atomic mass is 10.2. The minimum absolute atomic E-state index is 0.472. The van der Waals surface area contributed by atoms with Gasteiger partial charge in [-0.15, -0.1) is 11.6 Å². The van der Waals surface area contributed by atoms with E-state index in [1.807, 2.05) is 0 Å². The molecule has 0 aliphatic rings. The molecular formula is C8H6Cl4. The minimum Gasteiger partial charge on any atom is -0.126 e. The highest BCUT2D eigenvalue weighted by atomic mass is 35.5. The van der Waals surface area contributed by atoms with Crippen molar-refractivity contribution < 1.29 is 0 Å². The van der Waals surface area contributed by atoms with Crippen molar-refractivity contribution in [3.8, 4) is 0 Å². The molecule has 0 N–H and O–H groups in total. The molecule has 0 aromatic heterocycles. The third-order valence-corrected chi connectivity index (χ3v) is 2.72. The Kier molecular flexibility index (Phi) is 3.98. The first-order valence-corrected chi connectivity index (χ1v) is 5.01. The van der Waals surface area contributed by atoms with Crippen LogP contribution in [0.3, 0.4) is 0 Å². The maximum Gasteiger partial charge on any atom is 0.0607 e. The van der Waals surface area contributed by atoms with E-state index in [9.17, 15) is 0 Å². The van der Waals surface area contributed by atoms with Gasteiger partial charge < -0.3 is 0 Å². The Hall–Kier alpha value is 0.380. The first-order valence-electron chi connectivity index (χ1n) is 3.34. The van der Waals surface area contributed by atoms with Crippen LogP contribution >= 0.6 is 46.4 Å². The van der Waals surface area contributed by atoms with Crippen LogP contribution in [0.4, 0.5) is 0 Å². The van der Waals surface area contributed by atoms with Gasteiger partial charge in [0, 0.05) is 10.9 Å². The van der Waals surface area contributed by atoms with Gasteiger partial charge in [0.05, 0.1) is 10.0 Å². The number of benzene rings is 1. The molecule has 4 heteroatoms. The van der Waals surface area contributed by atoms with Crippen molar-refractivity contribution in [3.05, 3.63) is 32.8 Å². The molecule has 0 spiro atoms. The van der Waals surface area contributed by atoms with Crippen LogP contribution in [-0.4, -0.2) is 5.88 Å². The molecule has 0 aliphatic carbocycles. The van der Waals surface area contributed by atoms with E-state index in [4.69, 9.17) is 46.4 Å². The van der Waals surface area contributed by atoms with Crippen LogP contribution in [0.1, 0.15) is 5.56 Å². The molecule has 0 radical (unpaired) electrons. The zero-order valence-electron chi connectivity index (χ0n) is 6.08. The number of hydrogen-bond donors (Lipinski definition) is 0. The van der Waals surface area contributed by atoms with E-state index < -0.39 is 0 Å². The summed E-state index contributed by atoms with van der Waals surface area (Å²) < 4.78 is 0. The summed E-state index contributed by atoms with van der Waals surface area (Å²) in [5.41, 5.74) is 0.932. The second-order valence-corrected chi connectivity index (χ2v) is 3.90. The van der Waals surface area contributed by atoms with Crippen LogP contribution < -0.4 is 0 Å². The highest BCUT2D eigenvalue weighted by Gasteiger charge is 2.04. The molecule has 0 unspecified atom stereocenters. The Labute approximate surface area is 91.4 Å². The molecule has 0 nitrogen and oxygen atoms in total. The van der Waals surface area contributed by atoms with Gasteiger partial charge in [-0.3, -0.25) is 0 Å². The van der Waals surface area contributed by atoms with E-state index in [1.165, 1.54) is 0 Å². The summed E-state index contributed by atoms with van der Waals surface area (Å²) in [6, 6.07) is 3.38. The van der Waals surface area contributed by atoms with Gasteiger partial charge >= 0.3 is 0 Å². The standard InChI is InChI=1S/C8H6Cl4/c9-2-1-5-3-7(11)8(12)4-6(5)10/h3-4H,1-2H2. The SMILES string of the molecule is ClCCc1cc(Cl)c(Cl)cc1Cl. The van der Waals surface area contributed by atoms with Gasteiger partial charge in [0.2, 0.25) is 0 Å². The molecule has 0 bridgehead atoms. The van der Waals surface area contributed by atoms with Crippen molar-refractivity contribution in [1.82, 2.24) is 0 Å². The molecule has 1 rings (SSSR count). The van der Waals surface area contributed by atoms with Crippen LogP contribution in [0.2, 0.25) is 15.1 Å². The Balaban J connectivity index is 3.05. The number of alkyl halides is 1. The first-order chi connectivity index (χ1) is 5.65. The summed E-state index contributed by atoms with van der Waals surface area (Å²) in [7, 11) is 0. The van der Waals surface area contributed by atoms with Gasteiger partial charge in [-0.1, -0.05) is 34.8 Å². The number of rotatable bonds is 2. The lowest BCUT2D eigenvalue weighted by molar-refractivity contribution is 1.15. The van der Waals surface area contributed by atoms with Crippen molar-refractivity contribution in [1.29, 1.82) is 0 Å². The largest absolute Gasteiger partial charge is 0.126 e. The van der Waals surface area contributed by atoms with Crippen molar-refractivity contribution >= 4 is 46.4 Å². The van der Waals surface area contributed by atoms with Gasteiger partial charge in [-0.2, -0.15) is 0 Å². The fourth-order valence-corrected chi connectivity index (χ4v) is 1.72. The maximum atomic E-state index is 5.88. The Bertz CT molecular complexity index is 283. The van der Waals surface area contributed by atoms with Crippen molar-refractivity contribution in [3.63, 3.8) is 0 Å². The molecular weight excluding hydrogens is 238 g/mol. The van der Waals surface area contributed by atoms with Crippen LogP contribution in [0.25, 0.3) is 0 Å². The molecule has 0 saturated carbocycles. The number of hydrogen-bond acceptors (Lipinski definition) is 0. The molecule has 1 aromatic carbocycles. The van der Waals surface area contributed by atoms with Crippen molar-refractivity contribution in [2.75, 3.05) is 5.88 Å². The monoisotopic (exact) mass is 242 g/mol. The first kappa shape index (κ1) is 10.5.